The molecule has 0 aromatic carbocycles. The molecular weight excluding hydrogens is 373 g/mol. The Labute approximate surface area is 149 Å². The zero-order valence-corrected chi connectivity index (χ0v) is 15.8. The molecule has 1 fully saturated rings. The smallest absolute Gasteiger partial charge is 0.0410 e. The third kappa shape index (κ3) is 6.83. The molecule has 0 radical (unpaired) electrons. The molecular formula is C15H26BrCl2N3. The van der Waals surface area contributed by atoms with Crippen LogP contribution in [0.15, 0.2) is 22.9 Å². The number of unbranched alkanes of at least 4 members (excludes halogenated alkanes) is 2. The SMILES string of the molecule is CCCCC[C@@H](c1cncc(Br)c1)N1CCNCC1.Cl.Cl. The van der Waals surface area contributed by atoms with Crippen molar-refractivity contribution in [3.8, 4) is 0 Å². The van der Waals surface area contributed by atoms with Crippen molar-refractivity contribution in [1.82, 2.24) is 15.2 Å². The van der Waals surface area contributed by atoms with Crippen molar-refractivity contribution in [3.63, 3.8) is 0 Å². The van der Waals surface area contributed by atoms with Crippen molar-refractivity contribution in [2.75, 3.05) is 26.2 Å². The summed E-state index contributed by atoms with van der Waals surface area (Å²) in [6.45, 7) is 6.75. The average molecular weight is 399 g/mol. The summed E-state index contributed by atoms with van der Waals surface area (Å²) in [5, 5.41) is 3.43. The second kappa shape index (κ2) is 11.7. The van der Waals surface area contributed by atoms with E-state index in [2.05, 4.69) is 44.1 Å². The van der Waals surface area contributed by atoms with Crippen molar-refractivity contribution in [1.29, 1.82) is 0 Å². The Balaban J connectivity index is 0.00000200. The van der Waals surface area contributed by atoms with E-state index in [4.69, 9.17) is 0 Å². The quantitative estimate of drug-likeness (QED) is 0.727. The van der Waals surface area contributed by atoms with Gasteiger partial charge in [0.2, 0.25) is 0 Å². The first-order valence-corrected chi connectivity index (χ1v) is 8.15. The van der Waals surface area contributed by atoms with E-state index in [0.717, 1.165) is 30.7 Å². The number of piperazine rings is 1. The fourth-order valence-electron chi connectivity index (χ4n) is 2.75. The van der Waals surface area contributed by atoms with Crippen LogP contribution >= 0.6 is 40.7 Å². The number of hydrogen-bond donors (Lipinski definition) is 1. The van der Waals surface area contributed by atoms with Crippen LogP contribution in [0, 0.1) is 0 Å². The fraction of sp³-hybridized carbons (Fsp3) is 0.667. The summed E-state index contributed by atoms with van der Waals surface area (Å²) in [4.78, 5) is 6.95. The number of rotatable bonds is 6. The number of nitrogens with one attached hydrogen (secondary N) is 1. The summed E-state index contributed by atoms with van der Waals surface area (Å²) in [6.07, 6.45) is 9.05. The minimum atomic E-state index is 0. The molecule has 0 saturated carbocycles. The Morgan fingerprint density at radius 1 is 1.24 bits per heavy atom. The van der Waals surface area contributed by atoms with E-state index in [1.165, 1.54) is 31.2 Å². The predicted octanol–water partition coefficient (Wildman–Crippen LogP) is 4.21. The Kier molecular flexibility index (Phi) is 11.7. The van der Waals surface area contributed by atoms with Gasteiger partial charge in [-0.15, -0.1) is 24.8 Å². The monoisotopic (exact) mass is 397 g/mol. The van der Waals surface area contributed by atoms with Gasteiger partial charge in [-0.05, 0) is 34.0 Å². The minimum absolute atomic E-state index is 0. The molecule has 1 aliphatic heterocycles. The summed E-state index contributed by atoms with van der Waals surface area (Å²) >= 11 is 3.54. The van der Waals surface area contributed by atoms with Crippen molar-refractivity contribution in [2.24, 2.45) is 0 Å². The maximum atomic E-state index is 4.34. The normalized spacial score (nSPS) is 16.7. The van der Waals surface area contributed by atoms with Gasteiger partial charge < -0.3 is 5.32 Å². The third-order valence-corrected chi connectivity index (χ3v) is 4.22. The topological polar surface area (TPSA) is 28.2 Å². The van der Waals surface area contributed by atoms with Crippen LogP contribution in [0.3, 0.4) is 0 Å². The van der Waals surface area contributed by atoms with Gasteiger partial charge in [-0.2, -0.15) is 0 Å². The first-order chi connectivity index (χ1) is 9.31. The molecule has 0 amide bonds. The molecule has 0 bridgehead atoms. The van der Waals surface area contributed by atoms with E-state index < -0.39 is 0 Å². The van der Waals surface area contributed by atoms with Gasteiger partial charge in [-0.3, -0.25) is 9.88 Å². The highest BCUT2D eigenvalue weighted by atomic mass is 79.9. The van der Waals surface area contributed by atoms with Crippen LogP contribution in [0.2, 0.25) is 0 Å². The molecule has 0 unspecified atom stereocenters. The molecule has 1 N–H and O–H groups in total. The van der Waals surface area contributed by atoms with Gasteiger partial charge >= 0.3 is 0 Å². The molecule has 122 valence electrons. The number of nitrogens with zero attached hydrogens (tertiary/aromatic N) is 2. The van der Waals surface area contributed by atoms with E-state index in [9.17, 15) is 0 Å². The van der Waals surface area contributed by atoms with Gasteiger partial charge in [0.25, 0.3) is 0 Å². The molecule has 21 heavy (non-hydrogen) atoms. The molecule has 0 spiro atoms. The van der Waals surface area contributed by atoms with Gasteiger partial charge in [-0.1, -0.05) is 26.2 Å². The fourth-order valence-corrected chi connectivity index (χ4v) is 3.13. The van der Waals surface area contributed by atoms with Crippen molar-refractivity contribution >= 4 is 40.7 Å². The van der Waals surface area contributed by atoms with Gasteiger partial charge in [0.05, 0.1) is 0 Å². The summed E-state index contributed by atoms with van der Waals surface area (Å²) in [6, 6.07) is 2.75. The van der Waals surface area contributed by atoms with E-state index in [-0.39, 0.29) is 24.8 Å². The minimum Gasteiger partial charge on any atom is -0.314 e. The highest BCUT2D eigenvalue weighted by Crippen LogP contribution is 2.28. The molecule has 1 aromatic heterocycles. The van der Waals surface area contributed by atoms with E-state index in [1.54, 1.807) is 0 Å². The Hall–Kier alpha value is 0.130. The van der Waals surface area contributed by atoms with E-state index in [0.29, 0.717) is 6.04 Å². The van der Waals surface area contributed by atoms with E-state index in [1.807, 2.05) is 12.4 Å². The number of aromatic nitrogens is 1. The third-order valence-electron chi connectivity index (χ3n) is 3.78. The van der Waals surface area contributed by atoms with Gasteiger partial charge in [0, 0.05) is 49.1 Å². The first kappa shape index (κ1) is 21.1. The predicted molar refractivity (Wildman–Crippen MR) is 97.8 cm³/mol. The Morgan fingerprint density at radius 2 is 1.95 bits per heavy atom. The van der Waals surface area contributed by atoms with Crippen molar-refractivity contribution in [2.45, 2.75) is 38.6 Å². The van der Waals surface area contributed by atoms with Gasteiger partial charge in [0.1, 0.15) is 0 Å². The number of hydrogen-bond acceptors (Lipinski definition) is 3. The van der Waals surface area contributed by atoms with Crippen LogP contribution < -0.4 is 5.32 Å². The Bertz CT molecular complexity index is 387. The van der Waals surface area contributed by atoms with Crippen LogP contribution in [0.4, 0.5) is 0 Å². The molecule has 6 heteroatoms. The molecule has 3 nitrogen and oxygen atoms in total. The zero-order valence-electron chi connectivity index (χ0n) is 12.6. The lowest BCUT2D eigenvalue weighted by Gasteiger charge is -2.35. The maximum absolute atomic E-state index is 4.34. The molecule has 1 atom stereocenters. The van der Waals surface area contributed by atoms with Crippen LogP contribution in [0.5, 0.6) is 0 Å². The second-order valence-corrected chi connectivity index (χ2v) is 6.15. The highest BCUT2D eigenvalue weighted by molar-refractivity contribution is 9.10. The standard InChI is InChI=1S/C15H24BrN3.2ClH/c1-2-3-4-5-15(19-8-6-17-7-9-19)13-10-14(16)12-18-11-13;;/h10-12,15,17H,2-9H2,1H3;2*1H/t15-;;/m0../s1. The van der Waals surface area contributed by atoms with Gasteiger partial charge in [-0.25, -0.2) is 0 Å². The summed E-state index contributed by atoms with van der Waals surface area (Å²) in [5.74, 6) is 0. The number of pyridine rings is 1. The van der Waals surface area contributed by atoms with Crippen LogP contribution in [-0.2, 0) is 0 Å². The molecule has 2 heterocycles. The second-order valence-electron chi connectivity index (χ2n) is 5.23. The molecule has 1 saturated heterocycles. The number of halogens is 3. The lowest BCUT2D eigenvalue weighted by molar-refractivity contribution is 0.162. The summed E-state index contributed by atoms with van der Waals surface area (Å²) in [5.41, 5.74) is 1.35. The molecule has 1 aromatic rings. The summed E-state index contributed by atoms with van der Waals surface area (Å²) < 4.78 is 1.08. The van der Waals surface area contributed by atoms with E-state index >= 15 is 0 Å². The first-order valence-electron chi connectivity index (χ1n) is 7.36. The Morgan fingerprint density at radius 3 is 2.57 bits per heavy atom. The van der Waals surface area contributed by atoms with Crippen molar-refractivity contribution in [3.05, 3.63) is 28.5 Å². The molecule has 0 aliphatic carbocycles. The zero-order chi connectivity index (χ0) is 13.5. The largest absolute Gasteiger partial charge is 0.314 e. The maximum Gasteiger partial charge on any atom is 0.0410 e. The average Bonchev–Trinajstić information content (AvgIpc) is 2.45. The van der Waals surface area contributed by atoms with Crippen LogP contribution in [0.25, 0.3) is 0 Å². The van der Waals surface area contributed by atoms with Crippen LogP contribution in [0.1, 0.15) is 44.2 Å². The lowest BCUT2D eigenvalue weighted by atomic mass is 9.99. The van der Waals surface area contributed by atoms with Crippen molar-refractivity contribution < 1.29 is 0 Å². The summed E-state index contributed by atoms with van der Waals surface area (Å²) in [7, 11) is 0. The van der Waals surface area contributed by atoms with Gasteiger partial charge in [0.15, 0.2) is 0 Å². The molecule has 2 rings (SSSR count). The lowest BCUT2D eigenvalue weighted by Crippen LogP contribution is -2.45. The molecule has 1 aliphatic rings. The van der Waals surface area contributed by atoms with Crippen LogP contribution in [-0.4, -0.2) is 36.1 Å². The highest BCUT2D eigenvalue weighted by Gasteiger charge is 2.22.